The van der Waals surface area contributed by atoms with Crippen LogP contribution in [0.4, 0.5) is 0 Å². The summed E-state index contributed by atoms with van der Waals surface area (Å²) in [7, 11) is 1.16. The molecule has 0 unspecified atom stereocenters. The molecule has 0 saturated carbocycles. The van der Waals surface area contributed by atoms with E-state index in [1.165, 1.54) is 0 Å². The van der Waals surface area contributed by atoms with Gasteiger partial charge in [0, 0.05) is 0 Å². The Balaban J connectivity index is 3.70. The van der Waals surface area contributed by atoms with Crippen LogP contribution in [0.15, 0.2) is 0 Å². The first-order valence-corrected chi connectivity index (χ1v) is 4.27. The Hall–Kier alpha value is -0.190. The van der Waals surface area contributed by atoms with Crippen molar-refractivity contribution < 1.29 is 19.1 Å². The van der Waals surface area contributed by atoms with Crippen LogP contribution in [-0.4, -0.2) is 29.4 Å². The molecule has 0 aliphatic rings. The first kappa shape index (κ1) is 12.8. The average Bonchev–Trinajstić information content (AvgIpc) is 1.99. The molecule has 0 bridgehead atoms. The van der Waals surface area contributed by atoms with E-state index in [1.54, 1.807) is 0 Å². The summed E-state index contributed by atoms with van der Waals surface area (Å²) in [6.45, 7) is -0.395. The molecule has 0 saturated heterocycles. The van der Waals surface area contributed by atoms with Crippen molar-refractivity contribution >= 4 is 46.7 Å². The van der Waals surface area contributed by atoms with Crippen molar-refractivity contribution in [2.45, 2.75) is 10.2 Å². The van der Waals surface area contributed by atoms with Crippen molar-refractivity contribution in [2.24, 2.45) is 0 Å². The first-order chi connectivity index (χ1) is 5.85. The lowest BCUT2D eigenvalue weighted by Crippen LogP contribution is -2.19. The van der Waals surface area contributed by atoms with Crippen LogP contribution in [-0.2, 0) is 19.1 Å². The number of methoxy groups -OCH3 is 1. The lowest BCUT2D eigenvalue weighted by molar-refractivity contribution is -0.152. The van der Waals surface area contributed by atoms with E-state index in [4.69, 9.17) is 34.8 Å². The molecule has 4 nitrogen and oxygen atoms in total. The predicted octanol–water partition coefficient (Wildman–Crippen LogP) is 1.46. The molecule has 7 heteroatoms. The Kier molecular flexibility index (Phi) is 5.44. The van der Waals surface area contributed by atoms with Crippen molar-refractivity contribution in [3.63, 3.8) is 0 Å². The monoisotopic (exact) mass is 248 g/mol. The highest BCUT2D eigenvalue weighted by atomic mass is 35.6. The van der Waals surface area contributed by atoms with Crippen molar-refractivity contribution in [1.82, 2.24) is 0 Å². The third kappa shape index (κ3) is 8.15. The standard InChI is InChI=1S/C6H7Cl3O4/c1-12-4(10)2-5(11)13-3-6(7,8)9/h2-3H2,1H3. The highest BCUT2D eigenvalue weighted by Gasteiger charge is 2.22. The van der Waals surface area contributed by atoms with E-state index in [9.17, 15) is 9.59 Å². The minimum absolute atomic E-state index is 0.395. The van der Waals surface area contributed by atoms with E-state index < -0.39 is 28.8 Å². The number of rotatable bonds is 3. The number of carbonyl (C=O) groups excluding carboxylic acids is 2. The molecule has 0 N–H and O–H groups in total. The van der Waals surface area contributed by atoms with Gasteiger partial charge in [-0.25, -0.2) is 0 Å². The quantitative estimate of drug-likeness (QED) is 0.432. The van der Waals surface area contributed by atoms with Crippen LogP contribution < -0.4 is 0 Å². The van der Waals surface area contributed by atoms with Gasteiger partial charge in [-0.05, 0) is 0 Å². The fourth-order valence-electron chi connectivity index (χ4n) is 0.403. The molecule has 13 heavy (non-hydrogen) atoms. The van der Waals surface area contributed by atoms with E-state index in [1.807, 2.05) is 0 Å². The molecule has 0 aliphatic heterocycles. The van der Waals surface area contributed by atoms with Crippen molar-refractivity contribution in [3.8, 4) is 0 Å². The van der Waals surface area contributed by atoms with Crippen LogP contribution in [0.1, 0.15) is 6.42 Å². The number of ether oxygens (including phenoxy) is 2. The second kappa shape index (κ2) is 5.52. The van der Waals surface area contributed by atoms with Crippen molar-refractivity contribution in [2.75, 3.05) is 13.7 Å². The SMILES string of the molecule is COC(=O)CC(=O)OCC(Cl)(Cl)Cl. The minimum atomic E-state index is -1.66. The van der Waals surface area contributed by atoms with E-state index >= 15 is 0 Å². The highest BCUT2D eigenvalue weighted by molar-refractivity contribution is 6.67. The number of halogens is 3. The van der Waals surface area contributed by atoms with Gasteiger partial charge in [-0.3, -0.25) is 9.59 Å². The molecular weight excluding hydrogens is 242 g/mol. The molecule has 0 aromatic carbocycles. The summed E-state index contributed by atoms with van der Waals surface area (Å²) < 4.78 is 7.00. The van der Waals surface area contributed by atoms with Crippen LogP contribution in [0, 0.1) is 0 Å². The molecule has 0 aliphatic carbocycles. The van der Waals surface area contributed by atoms with Gasteiger partial charge in [0.05, 0.1) is 7.11 Å². The average molecular weight is 249 g/mol. The normalized spacial score (nSPS) is 10.8. The molecule has 76 valence electrons. The smallest absolute Gasteiger partial charge is 0.317 e. The number of hydrogen-bond donors (Lipinski definition) is 0. The molecular formula is C6H7Cl3O4. The van der Waals surface area contributed by atoms with Gasteiger partial charge in [0.15, 0.2) is 0 Å². The summed E-state index contributed by atoms with van der Waals surface area (Å²) in [5, 5.41) is 0. The second-order valence-corrected chi connectivity index (χ2v) is 4.54. The summed E-state index contributed by atoms with van der Waals surface area (Å²) in [5.74, 6) is -1.49. The number of carbonyl (C=O) groups is 2. The third-order valence-corrected chi connectivity index (χ3v) is 1.24. The molecule has 0 amide bonds. The van der Waals surface area contributed by atoms with E-state index in [0.29, 0.717) is 0 Å². The number of alkyl halides is 3. The Labute approximate surface area is 90.0 Å². The highest BCUT2D eigenvalue weighted by Crippen LogP contribution is 2.25. The van der Waals surface area contributed by atoms with Crippen LogP contribution in [0.2, 0.25) is 0 Å². The lowest BCUT2D eigenvalue weighted by atomic mass is 10.4. The van der Waals surface area contributed by atoms with E-state index in [-0.39, 0.29) is 0 Å². The van der Waals surface area contributed by atoms with Gasteiger partial charge < -0.3 is 9.47 Å². The minimum Gasteiger partial charge on any atom is -0.469 e. The third-order valence-electron chi connectivity index (χ3n) is 0.913. The van der Waals surface area contributed by atoms with Crippen LogP contribution in [0.5, 0.6) is 0 Å². The van der Waals surface area contributed by atoms with Crippen LogP contribution >= 0.6 is 34.8 Å². The molecule has 0 aromatic rings. The zero-order valence-electron chi connectivity index (χ0n) is 6.68. The summed E-state index contributed by atoms with van der Waals surface area (Å²) in [6.07, 6.45) is -0.489. The van der Waals surface area contributed by atoms with Gasteiger partial charge >= 0.3 is 11.9 Å². The maximum atomic E-state index is 10.8. The molecule has 0 heterocycles. The topological polar surface area (TPSA) is 52.6 Å². The maximum Gasteiger partial charge on any atom is 0.317 e. The van der Waals surface area contributed by atoms with Gasteiger partial charge in [-0.2, -0.15) is 0 Å². The summed E-state index contributed by atoms with van der Waals surface area (Å²) >= 11 is 15.9. The first-order valence-electron chi connectivity index (χ1n) is 3.14. The van der Waals surface area contributed by atoms with Gasteiger partial charge in [-0.1, -0.05) is 34.8 Å². The number of hydrogen-bond acceptors (Lipinski definition) is 4. The Morgan fingerprint density at radius 2 is 1.77 bits per heavy atom. The maximum absolute atomic E-state index is 10.8. The van der Waals surface area contributed by atoms with Gasteiger partial charge in [0.2, 0.25) is 3.79 Å². The summed E-state index contributed by atoms with van der Waals surface area (Å²) in [4.78, 5) is 21.3. The van der Waals surface area contributed by atoms with Gasteiger partial charge in [-0.15, -0.1) is 0 Å². The summed E-state index contributed by atoms with van der Waals surface area (Å²) in [6, 6.07) is 0. The predicted molar refractivity (Wildman–Crippen MR) is 47.9 cm³/mol. The molecule has 0 aromatic heterocycles. The van der Waals surface area contributed by atoms with Gasteiger partial charge in [0.1, 0.15) is 13.0 Å². The van der Waals surface area contributed by atoms with E-state index in [0.717, 1.165) is 7.11 Å². The summed E-state index contributed by atoms with van der Waals surface area (Å²) in [5.41, 5.74) is 0. The Bertz CT molecular complexity index is 199. The molecule has 0 spiro atoms. The van der Waals surface area contributed by atoms with Crippen molar-refractivity contribution in [3.05, 3.63) is 0 Å². The molecule has 0 radical (unpaired) electrons. The molecule has 0 fully saturated rings. The Morgan fingerprint density at radius 3 is 2.15 bits per heavy atom. The molecule has 0 rings (SSSR count). The van der Waals surface area contributed by atoms with Crippen LogP contribution in [0.3, 0.4) is 0 Å². The molecule has 0 atom stereocenters. The van der Waals surface area contributed by atoms with Gasteiger partial charge in [0.25, 0.3) is 0 Å². The van der Waals surface area contributed by atoms with Crippen LogP contribution in [0.25, 0.3) is 0 Å². The fraction of sp³-hybridized carbons (Fsp3) is 0.667. The zero-order chi connectivity index (χ0) is 10.5. The zero-order valence-corrected chi connectivity index (χ0v) is 8.95. The van der Waals surface area contributed by atoms with Crippen molar-refractivity contribution in [1.29, 1.82) is 0 Å². The Morgan fingerprint density at radius 1 is 1.23 bits per heavy atom. The fourth-order valence-corrected chi connectivity index (χ4v) is 0.567. The second-order valence-electron chi connectivity index (χ2n) is 2.03. The lowest BCUT2D eigenvalue weighted by Gasteiger charge is -2.10. The van der Waals surface area contributed by atoms with E-state index in [2.05, 4.69) is 9.47 Å². The number of esters is 2. The largest absolute Gasteiger partial charge is 0.469 e.